The maximum Gasteiger partial charge on any atom is 0.0857 e. The van der Waals surface area contributed by atoms with E-state index in [9.17, 15) is 0 Å². The van der Waals surface area contributed by atoms with Crippen molar-refractivity contribution in [1.82, 2.24) is 0 Å². The van der Waals surface area contributed by atoms with Gasteiger partial charge in [-0.15, -0.1) is 0 Å². The van der Waals surface area contributed by atoms with Crippen molar-refractivity contribution in [1.29, 1.82) is 0 Å². The standard InChI is InChI=1S/C16H17BrN2/c1-3-12(2)13-4-8-15(9-5-13)18-19-16-10-6-14(17)7-11-16/h4-12H,3H2,1-2H3. The molecule has 2 aromatic rings. The molecule has 2 rings (SSSR count). The van der Waals surface area contributed by atoms with Crippen molar-refractivity contribution in [2.45, 2.75) is 26.2 Å². The molecule has 0 N–H and O–H groups in total. The molecule has 0 bridgehead atoms. The summed E-state index contributed by atoms with van der Waals surface area (Å²) in [4.78, 5) is 0. The van der Waals surface area contributed by atoms with Crippen LogP contribution in [0.5, 0.6) is 0 Å². The second kappa shape index (κ2) is 6.62. The number of benzene rings is 2. The SMILES string of the molecule is CCC(C)c1ccc(N=Nc2ccc(Br)cc2)cc1. The Labute approximate surface area is 122 Å². The number of azo groups is 1. The number of nitrogens with zero attached hydrogens (tertiary/aromatic N) is 2. The molecule has 0 heterocycles. The highest BCUT2D eigenvalue weighted by Gasteiger charge is 2.01. The summed E-state index contributed by atoms with van der Waals surface area (Å²) in [5.74, 6) is 0.595. The molecule has 2 aromatic carbocycles. The molecule has 0 saturated heterocycles. The summed E-state index contributed by atoms with van der Waals surface area (Å²) in [6, 6.07) is 16.1. The minimum atomic E-state index is 0.595. The average Bonchev–Trinajstić information content (AvgIpc) is 2.46. The summed E-state index contributed by atoms with van der Waals surface area (Å²) in [5.41, 5.74) is 3.09. The van der Waals surface area contributed by atoms with Crippen LogP contribution >= 0.6 is 15.9 Å². The Morgan fingerprint density at radius 1 is 0.895 bits per heavy atom. The van der Waals surface area contributed by atoms with E-state index < -0.39 is 0 Å². The van der Waals surface area contributed by atoms with E-state index in [1.165, 1.54) is 5.56 Å². The van der Waals surface area contributed by atoms with Gasteiger partial charge in [-0.25, -0.2) is 0 Å². The lowest BCUT2D eigenvalue weighted by Crippen LogP contribution is -1.89. The molecule has 0 radical (unpaired) electrons. The fourth-order valence-corrected chi connectivity index (χ4v) is 1.99. The van der Waals surface area contributed by atoms with E-state index in [-0.39, 0.29) is 0 Å². The minimum Gasteiger partial charge on any atom is -0.151 e. The van der Waals surface area contributed by atoms with Crippen LogP contribution in [-0.4, -0.2) is 0 Å². The van der Waals surface area contributed by atoms with Crippen LogP contribution < -0.4 is 0 Å². The highest BCUT2D eigenvalue weighted by Crippen LogP contribution is 2.24. The topological polar surface area (TPSA) is 24.7 Å². The van der Waals surface area contributed by atoms with Crippen molar-refractivity contribution in [2.75, 3.05) is 0 Å². The van der Waals surface area contributed by atoms with Gasteiger partial charge in [0.15, 0.2) is 0 Å². The van der Waals surface area contributed by atoms with E-state index in [0.717, 1.165) is 22.3 Å². The first-order valence-electron chi connectivity index (χ1n) is 6.46. The number of hydrogen-bond donors (Lipinski definition) is 0. The van der Waals surface area contributed by atoms with Gasteiger partial charge in [-0.1, -0.05) is 41.9 Å². The van der Waals surface area contributed by atoms with E-state index in [0.29, 0.717) is 5.92 Å². The number of halogens is 1. The fourth-order valence-electron chi connectivity index (χ4n) is 1.73. The minimum absolute atomic E-state index is 0.595. The van der Waals surface area contributed by atoms with E-state index in [1.54, 1.807) is 0 Å². The fraction of sp³-hybridized carbons (Fsp3) is 0.250. The summed E-state index contributed by atoms with van der Waals surface area (Å²) < 4.78 is 1.05. The summed E-state index contributed by atoms with van der Waals surface area (Å²) in [6.45, 7) is 4.43. The maximum absolute atomic E-state index is 4.24. The highest BCUT2D eigenvalue weighted by atomic mass is 79.9. The van der Waals surface area contributed by atoms with Crippen molar-refractivity contribution < 1.29 is 0 Å². The smallest absolute Gasteiger partial charge is 0.0857 e. The van der Waals surface area contributed by atoms with Crippen LogP contribution in [0.25, 0.3) is 0 Å². The zero-order chi connectivity index (χ0) is 13.7. The molecule has 0 aliphatic carbocycles. The first kappa shape index (κ1) is 13.9. The molecule has 0 saturated carbocycles. The molecule has 0 aromatic heterocycles. The molecule has 1 unspecified atom stereocenters. The third kappa shape index (κ3) is 4.00. The Morgan fingerprint density at radius 2 is 1.37 bits per heavy atom. The zero-order valence-electron chi connectivity index (χ0n) is 11.2. The summed E-state index contributed by atoms with van der Waals surface area (Å²) in [7, 11) is 0. The van der Waals surface area contributed by atoms with E-state index >= 15 is 0 Å². The zero-order valence-corrected chi connectivity index (χ0v) is 12.8. The van der Waals surface area contributed by atoms with Crippen molar-refractivity contribution in [3.8, 4) is 0 Å². The van der Waals surface area contributed by atoms with E-state index in [2.05, 4.69) is 52.1 Å². The predicted octanol–water partition coefficient (Wildman–Crippen LogP) is 6.38. The Kier molecular flexibility index (Phi) is 4.86. The van der Waals surface area contributed by atoms with Crippen LogP contribution in [0.1, 0.15) is 31.7 Å². The Balaban J connectivity index is 2.09. The average molecular weight is 317 g/mol. The lowest BCUT2D eigenvalue weighted by molar-refractivity contribution is 0.733. The summed E-state index contributed by atoms with van der Waals surface area (Å²) >= 11 is 3.40. The third-order valence-corrected chi connectivity index (χ3v) is 3.71. The second-order valence-corrected chi connectivity index (χ2v) is 5.49. The lowest BCUT2D eigenvalue weighted by atomic mass is 9.99. The predicted molar refractivity (Wildman–Crippen MR) is 83.5 cm³/mol. The molecular formula is C16H17BrN2. The van der Waals surface area contributed by atoms with Crippen molar-refractivity contribution >= 4 is 27.3 Å². The summed E-state index contributed by atoms with van der Waals surface area (Å²) in [5, 5.41) is 8.46. The first-order valence-corrected chi connectivity index (χ1v) is 7.25. The van der Waals surface area contributed by atoms with Crippen LogP contribution in [0.3, 0.4) is 0 Å². The maximum atomic E-state index is 4.24. The Hall–Kier alpha value is -1.48. The van der Waals surface area contributed by atoms with Crippen molar-refractivity contribution in [2.24, 2.45) is 10.2 Å². The van der Waals surface area contributed by atoms with Gasteiger partial charge in [0.2, 0.25) is 0 Å². The van der Waals surface area contributed by atoms with Gasteiger partial charge < -0.3 is 0 Å². The van der Waals surface area contributed by atoms with Crippen LogP contribution in [-0.2, 0) is 0 Å². The molecule has 0 aliphatic rings. The monoisotopic (exact) mass is 316 g/mol. The Morgan fingerprint density at radius 3 is 1.84 bits per heavy atom. The normalized spacial score (nSPS) is 12.8. The molecular weight excluding hydrogens is 300 g/mol. The third-order valence-electron chi connectivity index (χ3n) is 3.18. The molecule has 19 heavy (non-hydrogen) atoms. The lowest BCUT2D eigenvalue weighted by Gasteiger charge is -2.07. The van der Waals surface area contributed by atoms with Gasteiger partial charge >= 0.3 is 0 Å². The molecule has 2 nitrogen and oxygen atoms in total. The quantitative estimate of drug-likeness (QED) is 0.585. The first-order chi connectivity index (χ1) is 9.19. The van der Waals surface area contributed by atoms with E-state index in [4.69, 9.17) is 0 Å². The summed E-state index contributed by atoms with van der Waals surface area (Å²) in [6.07, 6.45) is 1.15. The van der Waals surface area contributed by atoms with Crippen LogP contribution in [0.4, 0.5) is 11.4 Å². The van der Waals surface area contributed by atoms with Gasteiger partial charge in [-0.3, -0.25) is 0 Å². The van der Waals surface area contributed by atoms with Crippen LogP contribution in [0, 0.1) is 0 Å². The molecule has 0 amide bonds. The van der Waals surface area contributed by atoms with Crippen molar-refractivity contribution in [3.63, 3.8) is 0 Å². The van der Waals surface area contributed by atoms with Gasteiger partial charge in [0, 0.05) is 4.47 Å². The molecule has 98 valence electrons. The van der Waals surface area contributed by atoms with E-state index in [1.807, 2.05) is 36.4 Å². The highest BCUT2D eigenvalue weighted by molar-refractivity contribution is 9.10. The van der Waals surface area contributed by atoms with Gasteiger partial charge in [0.1, 0.15) is 0 Å². The van der Waals surface area contributed by atoms with Crippen LogP contribution in [0.15, 0.2) is 63.2 Å². The number of hydrogen-bond acceptors (Lipinski definition) is 2. The molecule has 0 aliphatic heterocycles. The van der Waals surface area contributed by atoms with Gasteiger partial charge in [0.25, 0.3) is 0 Å². The van der Waals surface area contributed by atoms with Crippen molar-refractivity contribution in [3.05, 3.63) is 58.6 Å². The molecule has 1 atom stereocenters. The van der Waals surface area contributed by atoms with Gasteiger partial charge in [0.05, 0.1) is 11.4 Å². The number of rotatable bonds is 4. The molecule has 3 heteroatoms. The largest absolute Gasteiger partial charge is 0.151 e. The second-order valence-electron chi connectivity index (χ2n) is 4.58. The van der Waals surface area contributed by atoms with Gasteiger partial charge in [-0.05, 0) is 54.3 Å². The molecule has 0 fully saturated rings. The van der Waals surface area contributed by atoms with Gasteiger partial charge in [-0.2, -0.15) is 10.2 Å². The van der Waals surface area contributed by atoms with Crippen LogP contribution in [0.2, 0.25) is 0 Å². The molecule has 0 spiro atoms. The Bertz CT molecular complexity index is 544.